The number of aryl methyl sites for hydroxylation is 1. The standard InChI is InChI=1S/C24H23NO4S/c1-19-10-13-22(14-11-19)30(27,28)25(16-6-9-20-7-4-3-5-8-20)23-17-21(18-26)12-15-24(23)29-2/h3-15,17-18H,16H2,1-2H3. The molecule has 3 rings (SSSR count). The molecule has 3 aromatic carbocycles. The summed E-state index contributed by atoms with van der Waals surface area (Å²) in [5.41, 5.74) is 2.59. The SMILES string of the molecule is COc1ccc(C=O)cc1N(CC=Cc1ccccc1)S(=O)(=O)c1ccc(C)cc1. The number of aldehydes is 1. The van der Waals surface area contributed by atoms with Gasteiger partial charge in [-0.2, -0.15) is 0 Å². The highest BCUT2D eigenvalue weighted by atomic mass is 32.2. The molecule has 154 valence electrons. The van der Waals surface area contributed by atoms with Gasteiger partial charge in [0.15, 0.2) is 0 Å². The molecule has 0 heterocycles. The molecule has 0 N–H and O–H groups in total. The Morgan fingerprint density at radius 3 is 2.27 bits per heavy atom. The zero-order valence-corrected chi connectivity index (χ0v) is 17.7. The fourth-order valence-corrected chi connectivity index (χ4v) is 4.41. The van der Waals surface area contributed by atoms with Crippen LogP contribution in [0.5, 0.6) is 5.75 Å². The molecule has 0 aliphatic rings. The van der Waals surface area contributed by atoms with Crippen molar-refractivity contribution in [2.45, 2.75) is 11.8 Å². The number of ether oxygens (including phenoxy) is 1. The summed E-state index contributed by atoms with van der Waals surface area (Å²) in [4.78, 5) is 11.5. The highest BCUT2D eigenvalue weighted by molar-refractivity contribution is 7.92. The molecule has 0 aliphatic carbocycles. The van der Waals surface area contributed by atoms with E-state index in [2.05, 4.69) is 0 Å². The minimum atomic E-state index is -3.90. The molecular formula is C24H23NO4S. The summed E-state index contributed by atoms with van der Waals surface area (Å²) < 4.78 is 33.7. The largest absolute Gasteiger partial charge is 0.495 e. The first-order chi connectivity index (χ1) is 14.5. The number of hydrogen-bond donors (Lipinski definition) is 0. The van der Waals surface area contributed by atoms with Crippen molar-refractivity contribution in [3.63, 3.8) is 0 Å². The molecule has 0 saturated carbocycles. The maximum absolute atomic E-state index is 13.5. The van der Waals surface area contributed by atoms with Crippen molar-refractivity contribution in [1.82, 2.24) is 0 Å². The van der Waals surface area contributed by atoms with E-state index >= 15 is 0 Å². The number of nitrogens with zero attached hydrogens (tertiary/aromatic N) is 1. The minimum absolute atomic E-state index is 0.0732. The van der Waals surface area contributed by atoms with Crippen LogP contribution in [0.15, 0.2) is 83.8 Å². The number of rotatable bonds is 8. The second-order valence-corrected chi connectivity index (χ2v) is 8.57. The summed E-state index contributed by atoms with van der Waals surface area (Å²) in [6.07, 6.45) is 4.31. The van der Waals surface area contributed by atoms with Gasteiger partial charge in [-0.05, 0) is 42.8 Å². The number of carbonyl (C=O) groups excluding carboxylic acids is 1. The number of hydrogen-bond acceptors (Lipinski definition) is 4. The Morgan fingerprint density at radius 2 is 1.63 bits per heavy atom. The lowest BCUT2D eigenvalue weighted by atomic mass is 10.2. The molecule has 6 heteroatoms. The maximum atomic E-state index is 13.5. The van der Waals surface area contributed by atoms with Gasteiger partial charge in [-0.3, -0.25) is 9.10 Å². The summed E-state index contributed by atoms with van der Waals surface area (Å²) in [6, 6.07) is 21.0. The molecule has 3 aromatic rings. The second-order valence-electron chi connectivity index (χ2n) is 6.71. The van der Waals surface area contributed by atoms with Crippen molar-refractivity contribution >= 4 is 28.1 Å². The minimum Gasteiger partial charge on any atom is -0.495 e. The van der Waals surface area contributed by atoms with Gasteiger partial charge in [0.2, 0.25) is 0 Å². The van der Waals surface area contributed by atoms with E-state index < -0.39 is 10.0 Å². The number of benzene rings is 3. The van der Waals surface area contributed by atoms with Crippen LogP contribution in [0.2, 0.25) is 0 Å². The molecule has 0 aliphatic heterocycles. The highest BCUT2D eigenvalue weighted by Gasteiger charge is 2.26. The zero-order chi connectivity index (χ0) is 21.6. The summed E-state index contributed by atoms with van der Waals surface area (Å²) in [5.74, 6) is 0.365. The monoisotopic (exact) mass is 421 g/mol. The Balaban J connectivity index is 2.08. The van der Waals surface area contributed by atoms with Crippen molar-refractivity contribution in [3.05, 3.63) is 95.6 Å². The van der Waals surface area contributed by atoms with Crippen molar-refractivity contribution in [2.24, 2.45) is 0 Å². The van der Waals surface area contributed by atoms with Gasteiger partial charge in [0.05, 0.1) is 24.2 Å². The molecule has 30 heavy (non-hydrogen) atoms. The molecule has 0 unspecified atom stereocenters. The quantitative estimate of drug-likeness (QED) is 0.494. The maximum Gasteiger partial charge on any atom is 0.264 e. The van der Waals surface area contributed by atoms with Crippen LogP contribution in [0, 0.1) is 6.92 Å². The van der Waals surface area contributed by atoms with Crippen LogP contribution in [-0.4, -0.2) is 28.4 Å². The van der Waals surface area contributed by atoms with Gasteiger partial charge < -0.3 is 4.74 Å². The van der Waals surface area contributed by atoms with E-state index in [0.717, 1.165) is 11.1 Å². The average molecular weight is 422 g/mol. The lowest BCUT2D eigenvalue weighted by Gasteiger charge is -2.25. The first-order valence-corrected chi connectivity index (χ1v) is 10.8. The molecule has 0 radical (unpaired) electrons. The van der Waals surface area contributed by atoms with Gasteiger partial charge in [0, 0.05) is 5.56 Å². The van der Waals surface area contributed by atoms with Crippen LogP contribution in [0.1, 0.15) is 21.5 Å². The highest BCUT2D eigenvalue weighted by Crippen LogP contribution is 2.33. The van der Waals surface area contributed by atoms with E-state index in [4.69, 9.17) is 4.74 Å². The molecule has 0 fully saturated rings. The second kappa shape index (κ2) is 9.41. The normalized spacial score (nSPS) is 11.4. The van der Waals surface area contributed by atoms with E-state index in [-0.39, 0.29) is 11.4 Å². The molecular weight excluding hydrogens is 398 g/mol. The third kappa shape index (κ3) is 4.78. The number of sulfonamides is 1. The van der Waals surface area contributed by atoms with E-state index in [1.807, 2.05) is 43.3 Å². The summed E-state index contributed by atoms with van der Waals surface area (Å²) in [6.45, 7) is 1.97. The first-order valence-electron chi connectivity index (χ1n) is 9.40. The van der Waals surface area contributed by atoms with Gasteiger partial charge >= 0.3 is 0 Å². The van der Waals surface area contributed by atoms with Crippen LogP contribution >= 0.6 is 0 Å². The topological polar surface area (TPSA) is 63.7 Å². The van der Waals surface area contributed by atoms with Crippen molar-refractivity contribution < 1.29 is 17.9 Å². The Kier molecular flexibility index (Phi) is 6.69. The van der Waals surface area contributed by atoms with E-state index in [1.165, 1.54) is 17.5 Å². The van der Waals surface area contributed by atoms with Crippen LogP contribution in [0.4, 0.5) is 5.69 Å². The van der Waals surface area contributed by atoms with Crippen LogP contribution < -0.4 is 9.04 Å². The first kappa shape index (κ1) is 21.3. The smallest absolute Gasteiger partial charge is 0.264 e. The van der Waals surface area contributed by atoms with Crippen LogP contribution in [0.3, 0.4) is 0 Å². The summed E-state index contributed by atoms with van der Waals surface area (Å²) in [5, 5.41) is 0. The van der Waals surface area contributed by atoms with E-state index in [1.54, 1.807) is 42.5 Å². The van der Waals surface area contributed by atoms with Crippen molar-refractivity contribution in [1.29, 1.82) is 0 Å². The third-order valence-corrected chi connectivity index (χ3v) is 6.39. The Hall–Kier alpha value is -3.38. The van der Waals surface area contributed by atoms with E-state index in [9.17, 15) is 13.2 Å². The number of carbonyl (C=O) groups is 1. The molecule has 0 saturated heterocycles. The zero-order valence-electron chi connectivity index (χ0n) is 16.9. The molecule has 0 atom stereocenters. The van der Waals surface area contributed by atoms with Gasteiger partial charge in [0.1, 0.15) is 12.0 Å². The summed E-state index contributed by atoms with van der Waals surface area (Å²) >= 11 is 0. The van der Waals surface area contributed by atoms with Gasteiger partial charge in [-0.15, -0.1) is 0 Å². The Bertz CT molecular complexity index is 1140. The lowest BCUT2D eigenvalue weighted by Crippen LogP contribution is -2.31. The number of anilines is 1. The van der Waals surface area contributed by atoms with Gasteiger partial charge in [-0.25, -0.2) is 8.42 Å². The predicted molar refractivity (Wildman–Crippen MR) is 120 cm³/mol. The summed E-state index contributed by atoms with van der Waals surface area (Å²) in [7, 11) is -2.43. The van der Waals surface area contributed by atoms with Gasteiger partial charge in [-0.1, -0.05) is 60.2 Å². The van der Waals surface area contributed by atoms with Crippen LogP contribution in [-0.2, 0) is 10.0 Å². The third-order valence-electron chi connectivity index (χ3n) is 4.60. The Morgan fingerprint density at radius 1 is 0.933 bits per heavy atom. The van der Waals surface area contributed by atoms with Gasteiger partial charge in [0.25, 0.3) is 10.0 Å². The van der Waals surface area contributed by atoms with Crippen molar-refractivity contribution in [3.8, 4) is 5.75 Å². The molecule has 0 bridgehead atoms. The molecule has 5 nitrogen and oxygen atoms in total. The molecule has 0 spiro atoms. The predicted octanol–water partition coefficient (Wildman–Crippen LogP) is 4.72. The van der Waals surface area contributed by atoms with E-state index in [0.29, 0.717) is 23.3 Å². The molecule has 0 aromatic heterocycles. The Labute approximate surface area is 177 Å². The molecule has 0 amide bonds. The fraction of sp³-hybridized carbons (Fsp3) is 0.125. The average Bonchev–Trinajstić information content (AvgIpc) is 2.77. The lowest BCUT2D eigenvalue weighted by molar-refractivity contribution is 0.112. The van der Waals surface area contributed by atoms with Crippen molar-refractivity contribution in [2.75, 3.05) is 18.0 Å². The fourth-order valence-electron chi connectivity index (χ4n) is 2.99. The van der Waals surface area contributed by atoms with Crippen LogP contribution in [0.25, 0.3) is 6.08 Å². The number of methoxy groups -OCH3 is 1.